The SMILES string of the molecule is NC(=NCC1CC1c1ccccc1)N1CCSCC1. The molecule has 1 aliphatic heterocycles. The van der Waals surface area contributed by atoms with Crippen LogP contribution in [0.4, 0.5) is 0 Å². The van der Waals surface area contributed by atoms with Gasteiger partial charge in [0.1, 0.15) is 0 Å². The maximum atomic E-state index is 6.08. The zero-order valence-electron chi connectivity index (χ0n) is 11.2. The van der Waals surface area contributed by atoms with Gasteiger partial charge in [0, 0.05) is 31.1 Å². The van der Waals surface area contributed by atoms with Crippen LogP contribution in [0.15, 0.2) is 35.3 Å². The Labute approximate surface area is 119 Å². The van der Waals surface area contributed by atoms with E-state index in [9.17, 15) is 0 Å². The average molecular weight is 275 g/mol. The van der Waals surface area contributed by atoms with Crippen molar-refractivity contribution in [2.24, 2.45) is 16.6 Å². The van der Waals surface area contributed by atoms with Gasteiger partial charge in [-0.3, -0.25) is 4.99 Å². The molecule has 1 aliphatic carbocycles. The number of benzene rings is 1. The fraction of sp³-hybridized carbons (Fsp3) is 0.533. The number of aliphatic imine (C=N–C) groups is 1. The van der Waals surface area contributed by atoms with Crippen molar-refractivity contribution in [3.63, 3.8) is 0 Å². The van der Waals surface area contributed by atoms with Gasteiger partial charge in [0.2, 0.25) is 0 Å². The largest absolute Gasteiger partial charge is 0.370 e. The summed E-state index contributed by atoms with van der Waals surface area (Å²) in [5.74, 6) is 4.49. The highest BCUT2D eigenvalue weighted by Gasteiger charge is 2.37. The molecule has 3 nitrogen and oxygen atoms in total. The molecule has 1 saturated heterocycles. The van der Waals surface area contributed by atoms with Gasteiger partial charge in [-0.05, 0) is 23.8 Å². The lowest BCUT2D eigenvalue weighted by Crippen LogP contribution is -2.42. The summed E-state index contributed by atoms with van der Waals surface area (Å²) in [6.07, 6.45) is 1.26. The molecule has 1 aromatic carbocycles. The quantitative estimate of drug-likeness (QED) is 0.679. The predicted octanol–water partition coefficient (Wildman–Crippen LogP) is 2.15. The van der Waals surface area contributed by atoms with Crippen LogP contribution in [0.25, 0.3) is 0 Å². The third-order valence-electron chi connectivity index (χ3n) is 3.97. The zero-order chi connectivity index (χ0) is 13.1. The molecule has 2 N–H and O–H groups in total. The first-order valence-electron chi connectivity index (χ1n) is 7.02. The van der Waals surface area contributed by atoms with E-state index in [1.165, 1.54) is 23.5 Å². The van der Waals surface area contributed by atoms with Crippen molar-refractivity contribution in [1.82, 2.24) is 4.90 Å². The number of nitrogens with zero attached hydrogens (tertiary/aromatic N) is 2. The number of thioether (sulfide) groups is 1. The van der Waals surface area contributed by atoms with E-state index in [0.717, 1.165) is 25.6 Å². The van der Waals surface area contributed by atoms with Crippen molar-refractivity contribution < 1.29 is 0 Å². The summed E-state index contributed by atoms with van der Waals surface area (Å²) in [6, 6.07) is 10.8. The monoisotopic (exact) mass is 275 g/mol. The molecular weight excluding hydrogens is 254 g/mol. The minimum atomic E-state index is 0.695. The molecule has 2 atom stereocenters. The van der Waals surface area contributed by atoms with Crippen LogP contribution in [0.1, 0.15) is 17.9 Å². The maximum absolute atomic E-state index is 6.08. The van der Waals surface area contributed by atoms with E-state index in [-0.39, 0.29) is 0 Å². The van der Waals surface area contributed by atoms with Crippen molar-refractivity contribution in [1.29, 1.82) is 0 Å². The molecule has 3 rings (SSSR count). The molecule has 1 saturated carbocycles. The van der Waals surface area contributed by atoms with Gasteiger partial charge in [-0.2, -0.15) is 11.8 Å². The van der Waals surface area contributed by atoms with Gasteiger partial charge >= 0.3 is 0 Å². The smallest absolute Gasteiger partial charge is 0.191 e. The fourth-order valence-corrected chi connectivity index (χ4v) is 3.56. The third-order valence-corrected chi connectivity index (χ3v) is 4.92. The van der Waals surface area contributed by atoms with Crippen molar-refractivity contribution in [2.45, 2.75) is 12.3 Å². The van der Waals surface area contributed by atoms with Gasteiger partial charge in [0.15, 0.2) is 5.96 Å². The van der Waals surface area contributed by atoms with E-state index in [0.29, 0.717) is 11.8 Å². The second kappa shape index (κ2) is 5.87. The Morgan fingerprint density at radius 2 is 2.00 bits per heavy atom. The summed E-state index contributed by atoms with van der Waals surface area (Å²) in [7, 11) is 0. The first-order chi connectivity index (χ1) is 9.34. The minimum Gasteiger partial charge on any atom is -0.370 e. The summed E-state index contributed by atoms with van der Waals surface area (Å²) in [4.78, 5) is 6.82. The standard InChI is InChI=1S/C15H21N3S/c16-15(18-6-8-19-9-7-18)17-11-13-10-14(13)12-4-2-1-3-5-12/h1-5,13-14H,6-11H2,(H2,16,17). The number of guanidine groups is 1. The molecule has 2 fully saturated rings. The molecule has 19 heavy (non-hydrogen) atoms. The molecular formula is C15H21N3S. The van der Waals surface area contributed by atoms with Gasteiger partial charge in [-0.15, -0.1) is 0 Å². The molecule has 4 heteroatoms. The average Bonchev–Trinajstić information content (AvgIpc) is 3.26. The van der Waals surface area contributed by atoms with Crippen LogP contribution in [0.3, 0.4) is 0 Å². The molecule has 1 heterocycles. The van der Waals surface area contributed by atoms with Crippen LogP contribution in [-0.2, 0) is 0 Å². The molecule has 0 amide bonds. The zero-order valence-corrected chi connectivity index (χ0v) is 12.0. The molecule has 0 bridgehead atoms. The highest BCUT2D eigenvalue weighted by atomic mass is 32.2. The number of rotatable bonds is 3. The van der Waals surface area contributed by atoms with Crippen LogP contribution in [0, 0.1) is 5.92 Å². The molecule has 1 aromatic rings. The lowest BCUT2D eigenvalue weighted by Gasteiger charge is -2.27. The second-order valence-electron chi connectivity index (χ2n) is 5.31. The first-order valence-corrected chi connectivity index (χ1v) is 8.17. The van der Waals surface area contributed by atoms with E-state index in [1.807, 2.05) is 11.8 Å². The lowest BCUT2D eigenvalue weighted by molar-refractivity contribution is 0.455. The first kappa shape index (κ1) is 12.9. The van der Waals surface area contributed by atoms with E-state index >= 15 is 0 Å². The number of hydrogen-bond donors (Lipinski definition) is 1. The lowest BCUT2D eigenvalue weighted by atomic mass is 10.1. The van der Waals surface area contributed by atoms with Gasteiger partial charge in [0.25, 0.3) is 0 Å². The molecule has 0 aromatic heterocycles. The molecule has 2 aliphatic rings. The van der Waals surface area contributed by atoms with Crippen molar-refractivity contribution in [3.05, 3.63) is 35.9 Å². The maximum Gasteiger partial charge on any atom is 0.191 e. The third kappa shape index (κ3) is 3.24. The number of hydrogen-bond acceptors (Lipinski definition) is 2. The summed E-state index contributed by atoms with van der Waals surface area (Å²) in [5, 5.41) is 0. The van der Waals surface area contributed by atoms with Crippen LogP contribution < -0.4 is 5.73 Å². The van der Waals surface area contributed by atoms with E-state index in [1.54, 1.807) is 0 Å². The molecule has 0 spiro atoms. The van der Waals surface area contributed by atoms with E-state index in [2.05, 4.69) is 40.2 Å². The van der Waals surface area contributed by atoms with E-state index < -0.39 is 0 Å². The molecule has 102 valence electrons. The Bertz CT molecular complexity index is 440. The summed E-state index contributed by atoms with van der Waals surface area (Å²) in [5.41, 5.74) is 7.53. The highest BCUT2D eigenvalue weighted by Crippen LogP contribution is 2.47. The Morgan fingerprint density at radius 3 is 2.74 bits per heavy atom. The Balaban J connectivity index is 1.50. The molecule has 0 radical (unpaired) electrons. The van der Waals surface area contributed by atoms with Gasteiger partial charge in [-0.25, -0.2) is 0 Å². The number of nitrogens with two attached hydrogens (primary N) is 1. The predicted molar refractivity (Wildman–Crippen MR) is 82.7 cm³/mol. The summed E-state index contributed by atoms with van der Waals surface area (Å²) < 4.78 is 0. The van der Waals surface area contributed by atoms with Crippen LogP contribution in [0.5, 0.6) is 0 Å². The normalized spacial score (nSPS) is 27.4. The van der Waals surface area contributed by atoms with Crippen LogP contribution in [-0.4, -0.2) is 42.0 Å². The van der Waals surface area contributed by atoms with E-state index in [4.69, 9.17) is 5.73 Å². The van der Waals surface area contributed by atoms with Crippen molar-refractivity contribution in [2.75, 3.05) is 31.1 Å². The van der Waals surface area contributed by atoms with Crippen LogP contribution in [0.2, 0.25) is 0 Å². The molecule has 2 unspecified atom stereocenters. The van der Waals surface area contributed by atoms with Gasteiger partial charge < -0.3 is 10.6 Å². The Morgan fingerprint density at radius 1 is 1.26 bits per heavy atom. The topological polar surface area (TPSA) is 41.6 Å². The second-order valence-corrected chi connectivity index (χ2v) is 6.54. The minimum absolute atomic E-state index is 0.695. The van der Waals surface area contributed by atoms with Crippen LogP contribution >= 0.6 is 11.8 Å². The summed E-state index contributed by atoms with van der Waals surface area (Å²) in [6.45, 7) is 2.98. The summed E-state index contributed by atoms with van der Waals surface area (Å²) >= 11 is 2.00. The Kier molecular flexibility index (Phi) is 3.97. The van der Waals surface area contributed by atoms with Gasteiger partial charge in [0.05, 0.1) is 0 Å². The highest BCUT2D eigenvalue weighted by molar-refractivity contribution is 7.99. The fourth-order valence-electron chi connectivity index (χ4n) is 2.66. The Hall–Kier alpha value is -1.16. The van der Waals surface area contributed by atoms with Crippen molar-refractivity contribution >= 4 is 17.7 Å². The van der Waals surface area contributed by atoms with Crippen molar-refractivity contribution in [3.8, 4) is 0 Å². The van der Waals surface area contributed by atoms with Gasteiger partial charge in [-0.1, -0.05) is 30.3 Å².